The fourth-order valence-electron chi connectivity index (χ4n) is 2.77. The summed E-state index contributed by atoms with van der Waals surface area (Å²) < 4.78 is 0. The molecule has 0 bridgehead atoms. The van der Waals surface area contributed by atoms with E-state index in [4.69, 9.17) is 0 Å². The molecule has 0 unspecified atom stereocenters. The number of nitrogens with one attached hydrogen (secondary N) is 1. The summed E-state index contributed by atoms with van der Waals surface area (Å²) in [5, 5.41) is 2.96. The van der Waals surface area contributed by atoms with Gasteiger partial charge in [-0.3, -0.25) is 9.59 Å². The Balaban J connectivity index is 1.69. The number of aryl methyl sites for hydroxylation is 2. The van der Waals surface area contributed by atoms with Crippen LogP contribution in [0.25, 0.3) is 0 Å². The lowest BCUT2D eigenvalue weighted by atomic mass is 10.1. The first-order valence-electron chi connectivity index (χ1n) is 7.71. The summed E-state index contributed by atoms with van der Waals surface area (Å²) in [4.78, 5) is 25.4. The number of hydrogen-bond donors (Lipinski definition) is 1. The Labute approximate surface area is 126 Å². The summed E-state index contributed by atoms with van der Waals surface area (Å²) >= 11 is 0. The molecule has 0 radical (unpaired) electrons. The third-order valence-corrected chi connectivity index (χ3v) is 3.99. The topological polar surface area (TPSA) is 49.4 Å². The van der Waals surface area contributed by atoms with Crippen LogP contribution in [0.3, 0.4) is 0 Å². The zero-order valence-corrected chi connectivity index (χ0v) is 12.9. The molecular formula is C17H24N2O2. The molecule has 4 heteroatoms. The van der Waals surface area contributed by atoms with Gasteiger partial charge in [-0.1, -0.05) is 29.8 Å². The highest BCUT2D eigenvalue weighted by atomic mass is 16.2. The number of rotatable bonds is 6. The minimum absolute atomic E-state index is 0.0172. The van der Waals surface area contributed by atoms with Crippen LogP contribution in [-0.2, 0) is 16.0 Å². The van der Waals surface area contributed by atoms with Crippen molar-refractivity contribution in [3.05, 3.63) is 35.4 Å². The monoisotopic (exact) mass is 288 g/mol. The molecule has 114 valence electrons. The highest BCUT2D eigenvalue weighted by Gasteiger charge is 2.32. The van der Waals surface area contributed by atoms with Gasteiger partial charge in [-0.15, -0.1) is 0 Å². The molecule has 1 N–H and O–H groups in total. The van der Waals surface area contributed by atoms with E-state index in [2.05, 4.69) is 36.5 Å². The quantitative estimate of drug-likeness (QED) is 0.813. The third-order valence-electron chi connectivity index (χ3n) is 3.99. The second-order valence-electron chi connectivity index (χ2n) is 5.72. The van der Waals surface area contributed by atoms with Gasteiger partial charge in [-0.25, -0.2) is 0 Å². The summed E-state index contributed by atoms with van der Waals surface area (Å²) in [6.45, 7) is 5.96. The first-order chi connectivity index (χ1) is 10.1. The Bertz CT molecular complexity index is 513. The minimum Gasteiger partial charge on any atom is -0.356 e. The van der Waals surface area contributed by atoms with Crippen LogP contribution in [0.1, 0.15) is 30.9 Å². The number of benzene rings is 1. The van der Waals surface area contributed by atoms with Crippen molar-refractivity contribution in [3.8, 4) is 0 Å². The smallest absolute Gasteiger partial charge is 0.225 e. The van der Waals surface area contributed by atoms with Crippen molar-refractivity contribution in [3.63, 3.8) is 0 Å². The predicted octanol–water partition coefficient (Wildman–Crippen LogP) is 1.91. The largest absolute Gasteiger partial charge is 0.356 e. The molecule has 1 aliphatic heterocycles. The number of carbonyl (C=O) groups excluding carboxylic acids is 2. The van der Waals surface area contributed by atoms with Crippen molar-refractivity contribution < 1.29 is 9.59 Å². The van der Waals surface area contributed by atoms with Crippen LogP contribution >= 0.6 is 0 Å². The number of carbonyl (C=O) groups is 2. The molecule has 2 amide bonds. The number of amides is 2. The number of hydrogen-bond acceptors (Lipinski definition) is 2. The predicted molar refractivity (Wildman–Crippen MR) is 82.9 cm³/mol. The first kappa shape index (κ1) is 15.5. The van der Waals surface area contributed by atoms with E-state index < -0.39 is 0 Å². The highest BCUT2D eigenvalue weighted by molar-refractivity contribution is 5.89. The Morgan fingerprint density at radius 3 is 2.90 bits per heavy atom. The molecule has 0 saturated carbocycles. The van der Waals surface area contributed by atoms with E-state index in [9.17, 15) is 9.59 Å². The molecule has 1 saturated heterocycles. The molecule has 0 spiro atoms. The van der Waals surface area contributed by atoms with Crippen molar-refractivity contribution in [2.24, 2.45) is 5.92 Å². The van der Waals surface area contributed by atoms with Gasteiger partial charge in [-0.05, 0) is 32.3 Å². The highest BCUT2D eigenvalue weighted by Crippen LogP contribution is 2.17. The standard InChI is InChI=1S/C17H24N2O2/c1-3-19-12-15(11-16(19)20)17(21)18-9-5-8-14-7-4-6-13(2)10-14/h4,6-7,10,15H,3,5,8-9,11-12H2,1-2H3,(H,18,21)/t15-/m0/s1. The maximum Gasteiger partial charge on any atom is 0.225 e. The van der Waals surface area contributed by atoms with Gasteiger partial charge in [0, 0.05) is 26.1 Å². The Morgan fingerprint density at radius 1 is 1.43 bits per heavy atom. The van der Waals surface area contributed by atoms with Gasteiger partial charge < -0.3 is 10.2 Å². The van der Waals surface area contributed by atoms with Gasteiger partial charge in [0.15, 0.2) is 0 Å². The average molecular weight is 288 g/mol. The second-order valence-corrected chi connectivity index (χ2v) is 5.72. The molecule has 1 heterocycles. The van der Waals surface area contributed by atoms with E-state index >= 15 is 0 Å². The van der Waals surface area contributed by atoms with E-state index in [1.54, 1.807) is 4.90 Å². The maximum atomic E-state index is 12.0. The number of nitrogens with zero attached hydrogens (tertiary/aromatic N) is 1. The zero-order chi connectivity index (χ0) is 15.2. The van der Waals surface area contributed by atoms with Crippen molar-refractivity contribution in [2.75, 3.05) is 19.6 Å². The molecule has 0 aromatic heterocycles. The molecule has 21 heavy (non-hydrogen) atoms. The Morgan fingerprint density at radius 2 is 2.24 bits per heavy atom. The van der Waals surface area contributed by atoms with Gasteiger partial charge in [0.2, 0.25) is 11.8 Å². The van der Waals surface area contributed by atoms with Crippen molar-refractivity contribution in [1.82, 2.24) is 10.2 Å². The molecule has 4 nitrogen and oxygen atoms in total. The normalized spacial score (nSPS) is 18.1. The fraction of sp³-hybridized carbons (Fsp3) is 0.529. The third kappa shape index (κ3) is 4.31. The van der Waals surface area contributed by atoms with Crippen LogP contribution in [0.4, 0.5) is 0 Å². The summed E-state index contributed by atoms with van der Waals surface area (Å²) in [6.07, 6.45) is 2.25. The van der Waals surface area contributed by atoms with Gasteiger partial charge in [0.25, 0.3) is 0 Å². The lowest BCUT2D eigenvalue weighted by Gasteiger charge is -2.13. The zero-order valence-electron chi connectivity index (χ0n) is 12.9. The van der Waals surface area contributed by atoms with Crippen LogP contribution in [-0.4, -0.2) is 36.3 Å². The van der Waals surface area contributed by atoms with E-state index in [1.807, 2.05) is 6.92 Å². The van der Waals surface area contributed by atoms with Gasteiger partial charge >= 0.3 is 0 Å². The second kappa shape index (κ2) is 7.25. The summed E-state index contributed by atoms with van der Waals surface area (Å²) in [5.74, 6) is -0.0580. The molecule has 1 fully saturated rings. The fourth-order valence-corrected chi connectivity index (χ4v) is 2.77. The van der Waals surface area contributed by atoms with Crippen LogP contribution in [0.2, 0.25) is 0 Å². The molecular weight excluding hydrogens is 264 g/mol. The lowest BCUT2D eigenvalue weighted by Crippen LogP contribution is -2.33. The first-order valence-corrected chi connectivity index (χ1v) is 7.71. The number of likely N-dealkylation sites (tertiary alicyclic amines) is 1. The maximum absolute atomic E-state index is 12.0. The summed E-state index contributed by atoms with van der Waals surface area (Å²) in [6, 6.07) is 8.44. The molecule has 0 aliphatic carbocycles. The SMILES string of the molecule is CCN1C[C@@H](C(=O)NCCCc2cccc(C)c2)CC1=O. The van der Waals surface area contributed by atoms with E-state index in [1.165, 1.54) is 11.1 Å². The minimum atomic E-state index is -0.170. The molecule has 1 aliphatic rings. The lowest BCUT2D eigenvalue weighted by molar-refractivity contribution is -0.128. The van der Waals surface area contributed by atoms with Crippen LogP contribution < -0.4 is 5.32 Å². The van der Waals surface area contributed by atoms with Crippen LogP contribution in [0.5, 0.6) is 0 Å². The average Bonchev–Trinajstić information content (AvgIpc) is 2.85. The van der Waals surface area contributed by atoms with Gasteiger partial charge in [0.1, 0.15) is 0 Å². The van der Waals surface area contributed by atoms with Crippen LogP contribution in [0, 0.1) is 12.8 Å². The molecule has 1 atom stereocenters. The van der Waals surface area contributed by atoms with Crippen molar-refractivity contribution in [1.29, 1.82) is 0 Å². The van der Waals surface area contributed by atoms with E-state index in [0.29, 0.717) is 26.1 Å². The molecule has 1 aromatic carbocycles. The van der Waals surface area contributed by atoms with Crippen molar-refractivity contribution in [2.45, 2.75) is 33.1 Å². The molecule has 2 rings (SSSR count). The van der Waals surface area contributed by atoms with E-state index in [-0.39, 0.29) is 17.7 Å². The van der Waals surface area contributed by atoms with Gasteiger partial charge in [0.05, 0.1) is 5.92 Å². The summed E-state index contributed by atoms with van der Waals surface area (Å²) in [7, 11) is 0. The Hall–Kier alpha value is -1.84. The van der Waals surface area contributed by atoms with Crippen molar-refractivity contribution >= 4 is 11.8 Å². The van der Waals surface area contributed by atoms with Crippen LogP contribution in [0.15, 0.2) is 24.3 Å². The Kier molecular flexibility index (Phi) is 5.37. The van der Waals surface area contributed by atoms with E-state index in [0.717, 1.165) is 12.8 Å². The summed E-state index contributed by atoms with van der Waals surface area (Å²) in [5.41, 5.74) is 2.57. The molecule has 1 aromatic rings. The van der Waals surface area contributed by atoms with Gasteiger partial charge in [-0.2, -0.15) is 0 Å².